The van der Waals surface area contributed by atoms with Gasteiger partial charge in [0.1, 0.15) is 12.0 Å². The summed E-state index contributed by atoms with van der Waals surface area (Å²) in [7, 11) is 1.69. The Morgan fingerprint density at radius 1 is 1.36 bits per heavy atom. The minimum absolute atomic E-state index is 0.0755. The van der Waals surface area contributed by atoms with Crippen molar-refractivity contribution in [2.45, 2.75) is 25.1 Å². The molecule has 0 spiro atoms. The van der Waals surface area contributed by atoms with E-state index in [0.717, 1.165) is 45.1 Å². The number of carbonyl (C=O) groups is 1. The molecule has 3 fully saturated rings. The molecule has 7 heteroatoms. The van der Waals surface area contributed by atoms with Gasteiger partial charge in [-0.15, -0.1) is 0 Å². The Morgan fingerprint density at radius 2 is 2.20 bits per heavy atom. The second kappa shape index (κ2) is 7.45. The highest BCUT2D eigenvalue weighted by molar-refractivity contribution is 5.94. The summed E-state index contributed by atoms with van der Waals surface area (Å²) in [6.45, 7) is 5.39. The maximum absolute atomic E-state index is 12.6. The van der Waals surface area contributed by atoms with Crippen molar-refractivity contribution in [3.05, 3.63) is 23.7 Å². The minimum Gasteiger partial charge on any atom is -0.467 e. The van der Waals surface area contributed by atoms with E-state index >= 15 is 0 Å². The average molecular weight is 350 g/mol. The number of methoxy groups -OCH3 is 1. The molecule has 7 nitrogen and oxygen atoms in total. The van der Waals surface area contributed by atoms with E-state index in [1.165, 1.54) is 0 Å². The number of rotatable bonds is 6. The fourth-order valence-corrected chi connectivity index (χ4v) is 4.23. The highest BCUT2D eigenvalue weighted by Gasteiger charge is 2.54. The number of hydrogen-bond acceptors (Lipinski definition) is 6. The molecule has 0 unspecified atom stereocenters. The molecule has 3 heterocycles. The zero-order valence-corrected chi connectivity index (χ0v) is 14.6. The largest absolute Gasteiger partial charge is 0.467 e. The quantitative estimate of drug-likeness (QED) is 0.822. The summed E-state index contributed by atoms with van der Waals surface area (Å²) in [6, 6.07) is 1.97. The normalized spacial score (nSPS) is 32.2. The predicted molar refractivity (Wildman–Crippen MR) is 89.3 cm³/mol. The van der Waals surface area contributed by atoms with Crippen LogP contribution in [-0.2, 0) is 20.8 Å². The fourth-order valence-electron chi connectivity index (χ4n) is 4.23. The second-order valence-corrected chi connectivity index (χ2v) is 7.10. The van der Waals surface area contributed by atoms with Gasteiger partial charge in [-0.3, -0.25) is 9.69 Å². The number of nitrogens with one attached hydrogen (secondary N) is 1. The third kappa shape index (κ3) is 3.46. The molecule has 1 saturated carbocycles. The first-order chi connectivity index (χ1) is 12.3. The molecular formula is C18H26N2O5. The first-order valence-corrected chi connectivity index (χ1v) is 9.05. The zero-order chi connectivity index (χ0) is 17.2. The summed E-state index contributed by atoms with van der Waals surface area (Å²) in [5, 5.41) is 3.16. The molecular weight excluding hydrogens is 324 g/mol. The van der Waals surface area contributed by atoms with E-state index in [9.17, 15) is 4.79 Å². The van der Waals surface area contributed by atoms with Crippen molar-refractivity contribution in [3.8, 4) is 0 Å². The topological polar surface area (TPSA) is 73.2 Å². The summed E-state index contributed by atoms with van der Waals surface area (Å²) in [5.74, 6) is 1.38. The molecule has 0 aromatic carbocycles. The van der Waals surface area contributed by atoms with Gasteiger partial charge in [-0.2, -0.15) is 0 Å². The standard InChI is InChI=1S/C18H26N2O5/c1-22-11-15-16(14-2-5-24-17(14)15)19-18(21)12-8-13(25-10-12)9-20-3-6-23-7-4-20/h8,10,14-17H,2-7,9,11H2,1H3,(H,19,21)/t14-,15+,16+,17-/m0/s1. The lowest BCUT2D eigenvalue weighted by atomic mass is 9.67. The lowest BCUT2D eigenvalue weighted by molar-refractivity contribution is -0.0809. The molecule has 1 aliphatic carbocycles. The zero-order valence-electron chi connectivity index (χ0n) is 14.6. The van der Waals surface area contributed by atoms with Crippen molar-refractivity contribution in [2.24, 2.45) is 11.8 Å². The summed E-state index contributed by atoms with van der Waals surface area (Å²) < 4.78 is 22.0. The SMILES string of the molecule is COC[C@@H]1[C@H](NC(=O)c2coc(CN3CCOCC3)c2)[C@@H]2CCO[C@H]12. The minimum atomic E-state index is -0.0755. The first-order valence-electron chi connectivity index (χ1n) is 9.05. The molecule has 1 aromatic rings. The van der Waals surface area contributed by atoms with E-state index in [-0.39, 0.29) is 24.0 Å². The molecule has 25 heavy (non-hydrogen) atoms. The van der Waals surface area contributed by atoms with Gasteiger partial charge in [-0.25, -0.2) is 0 Å². The van der Waals surface area contributed by atoms with Crippen molar-refractivity contribution in [3.63, 3.8) is 0 Å². The van der Waals surface area contributed by atoms with Crippen molar-refractivity contribution >= 4 is 5.91 Å². The van der Waals surface area contributed by atoms with E-state index < -0.39 is 0 Å². The van der Waals surface area contributed by atoms with Gasteiger partial charge in [-0.1, -0.05) is 0 Å². The Morgan fingerprint density at radius 3 is 3.00 bits per heavy atom. The molecule has 1 aromatic heterocycles. The van der Waals surface area contributed by atoms with Gasteiger partial charge in [0.05, 0.1) is 38.0 Å². The lowest BCUT2D eigenvalue weighted by Crippen LogP contribution is -2.62. The number of carbonyl (C=O) groups excluding carboxylic acids is 1. The first kappa shape index (κ1) is 17.0. The molecule has 4 rings (SSSR count). The van der Waals surface area contributed by atoms with Crippen LogP contribution >= 0.6 is 0 Å². The van der Waals surface area contributed by atoms with Crippen LogP contribution in [-0.4, -0.2) is 69.6 Å². The number of fused-ring (bicyclic) bond motifs is 1. The molecule has 2 saturated heterocycles. The average Bonchev–Trinajstić information content (AvgIpc) is 3.26. The number of hydrogen-bond donors (Lipinski definition) is 1. The van der Waals surface area contributed by atoms with Gasteiger partial charge in [0, 0.05) is 44.7 Å². The number of amides is 1. The van der Waals surface area contributed by atoms with E-state index in [0.29, 0.717) is 24.6 Å². The Balaban J connectivity index is 1.35. The van der Waals surface area contributed by atoms with Gasteiger partial charge >= 0.3 is 0 Å². The van der Waals surface area contributed by atoms with E-state index in [4.69, 9.17) is 18.6 Å². The molecule has 2 aliphatic heterocycles. The smallest absolute Gasteiger partial charge is 0.254 e. The molecule has 3 aliphatic rings. The molecule has 4 atom stereocenters. The monoisotopic (exact) mass is 350 g/mol. The molecule has 1 N–H and O–H groups in total. The Labute approximate surface area is 147 Å². The summed E-state index contributed by atoms with van der Waals surface area (Å²) in [6.07, 6.45) is 2.79. The van der Waals surface area contributed by atoms with Crippen molar-refractivity contribution in [1.29, 1.82) is 0 Å². The Kier molecular flexibility index (Phi) is 5.08. The van der Waals surface area contributed by atoms with Crippen LogP contribution in [0.3, 0.4) is 0 Å². The summed E-state index contributed by atoms with van der Waals surface area (Å²) in [5.41, 5.74) is 0.585. The number of morpholine rings is 1. The fraction of sp³-hybridized carbons (Fsp3) is 0.722. The van der Waals surface area contributed by atoms with E-state index in [1.807, 2.05) is 6.07 Å². The molecule has 138 valence electrons. The molecule has 1 amide bonds. The predicted octanol–water partition coefficient (Wildman–Crippen LogP) is 0.892. The second-order valence-electron chi connectivity index (χ2n) is 7.10. The van der Waals surface area contributed by atoms with Crippen molar-refractivity contribution in [1.82, 2.24) is 10.2 Å². The van der Waals surface area contributed by atoms with Crippen LogP contribution in [0.2, 0.25) is 0 Å². The van der Waals surface area contributed by atoms with Gasteiger partial charge in [0.25, 0.3) is 5.91 Å². The van der Waals surface area contributed by atoms with E-state index in [2.05, 4.69) is 10.2 Å². The summed E-state index contributed by atoms with van der Waals surface area (Å²) in [4.78, 5) is 14.9. The highest BCUT2D eigenvalue weighted by atomic mass is 16.5. The Hall–Kier alpha value is -1.41. The highest BCUT2D eigenvalue weighted by Crippen LogP contribution is 2.43. The van der Waals surface area contributed by atoms with Gasteiger partial charge in [0.15, 0.2) is 0 Å². The van der Waals surface area contributed by atoms with Crippen LogP contribution in [0.25, 0.3) is 0 Å². The van der Waals surface area contributed by atoms with Gasteiger partial charge < -0.3 is 23.9 Å². The Bertz CT molecular complexity index is 598. The van der Waals surface area contributed by atoms with Crippen LogP contribution in [0.5, 0.6) is 0 Å². The van der Waals surface area contributed by atoms with Crippen molar-refractivity contribution < 1.29 is 23.4 Å². The van der Waals surface area contributed by atoms with Gasteiger partial charge in [-0.05, 0) is 12.5 Å². The van der Waals surface area contributed by atoms with Crippen LogP contribution in [0.4, 0.5) is 0 Å². The lowest BCUT2D eigenvalue weighted by Gasteiger charge is -2.47. The van der Waals surface area contributed by atoms with Crippen LogP contribution in [0, 0.1) is 11.8 Å². The van der Waals surface area contributed by atoms with Crippen LogP contribution < -0.4 is 5.32 Å². The van der Waals surface area contributed by atoms with Gasteiger partial charge in [0.2, 0.25) is 0 Å². The van der Waals surface area contributed by atoms with Crippen LogP contribution in [0.1, 0.15) is 22.5 Å². The maximum Gasteiger partial charge on any atom is 0.254 e. The number of furan rings is 1. The third-order valence-corrected chi connectivity index (χ3v) is 5.58. The van der Waals surface area contributed by atoms with Crippen molar-refractivity contribution in [2.75, 3.05) is 46.6 Å². The molecule has 0 bridgehead atoms. The maximum atomic E-state index is 12.6. The third-order valence-electron chi connectivity index (χ3n) is 5.58. The van der Waals surface area contributed by atoms with E-state index in [1.54, 1.807) is 13.4 Å². The summed E-state index contributed by atoms with van der Waals surface area (Å²) >= 11 is 0. The van der Waals surface area contributed by atoms with Crippen LogP contribution in [0.15, 0.2) is 16.7 Å². The number of nitrogens with zero attached hydrogens (tertiary/aromatic N) is 1. The molecule has 0 radical (unpaired) electrons. The number of ether oxygens (including phenoxy) is 3.